The molecule has 9 heteroatoms. The highest BCUT2D eigenvalue weighted by Gasteiger charge is 2.32. The Bertz CT molecular complexity index is 611. The van der Waals surface area contributed by atoms with E-state index in [-0.39, 0.29) is 11.4 Å². The van der Waals surface area contributed by atoms with Crippen molar-refractivity contribution < 1.29 is 18.1 Å². The first-order chi connectivity index (χ1) is 9.43. The van der Waals surface area contributed by atoms with Gasteiger partial charge in [0.05, 0.1) is 11.5 Å². The number of ether oxygens (including phenoxy) is 1. The highest BCUT2D eigenvalue weighted by Crippen LogP contribution is 2.30. The standard InChI is InChI=1S/C11H13BrN2O5S/c12-9-2-3-10(14(15)16)11(8-9)20(17,18)13-4-1-6-19-7-5-13/h2-3,8H,1,4-7H2. The van der Waals surface area contributed by atoms with Gasteiger partial charge >= 0.3 is 0 Å². The SMILES string of the molecule is O=[N+]([O-])c1ccc(Br)cc1S(=O)(=O)N1CCCOCC1. The molecular weight excluding hydrogens is 352 g/mol. The summed E-state index contributed by atoms with van der Waals surface area (Å²) in [6.07, 6.45) is 0.570. The molecule has 7 nitrogen and oxygen atoms in total. The maximum absolute atomic E-state index is 12.6. The summed E-state index contributed by atoms with van der Waals surface area (Å²) in [5.41, 5.74) is -0.418. The summed E-state index contributed by atoms with van der Waals surface area (Å²) in [5.74, 6) is 0. The topological polar surface area (TPSA) is 89.8 Å². The average molecular weight is 365 g/mol. The van der Waals surface area contributed by atoms with E-state index < -0.39 is 20.6 Å². The Balaban J connectivity index is 2.47. The maximum Gasteiger partial charge on any atom is 0.289 e. The van der Waals surface area contributed by atoms with E-state index in [0.29, 0.717) is 30.7 Å². The molecule has 0 aromatic heterocycles. The largest absolute Gasteiger partial charge is 0.380 e. The first-order valence-electron chi connectivity index (χ1n) is 5.95. The Labute approximate surface area is 124 Å². The molecule has 1 aliphatic rings. The van der Waals surface area contributed by atoms with Crippen molar-refractivity contribution >= 4 is 31.6 Å². The van der Waals surface area contributed by atoms with Crippen molar-refractivity contribution in [1.82, 2.24) is 4.31 Å². The number of rotatable bonds is 3. The number of nitro groups is 1. The van der Waals surface area contributed by atoms with Crippen LogP contribution in [-0.2, 0) is 14.8 Å². The summed E-state index contributed by atoms with van der Waals surface area (Å²) in [6, 6.07) is 3.90. The van der Waals surface area contributed by atoms with Gasteiger partial charge in [0, 0.05) is 30.2 Å². The van der Waals surface area contributed by atoms with Gasteiger partial charge in [-0.2, -0.15) is 4.31 Å². The lowest BCUT2D eigenvalue weighted by Gasteiger charge is -2.19. The molecule has 0 unspecified atom stereocenters. The zero-order valence-corrected chi connectivity index (χ0v) is 12.9. The van der Waals surface area contributed by atoms with Crippen LogP contribution in [0.3, 0.4) is 0 Å². The monoisotopic (exact) mass is 364 g/mol. The Kier molecular flexibility index (Phi) is 4.74. The third-order valence-corrected chi connectivity index (χ3v) is 5.34. The lowest BCUT2D eigenvalue weighted by atomic mass is 10.3. The molecule has 0 bridgehead atoms. The smallest absolute Gasteiger partial charge is 0.289 e. The number of sulfonamides is 1. The summed E-state index contributed by atoms with van der Waals surface area (Å²) in [5, 5.41) is 11.0. The molecule has 1 aliphatic heterocycles. The number of halogens is 1. The van der Waals surface area contributed by atoms with Crippen LogP contribution >= 0.6 is 15.9 Å². The van der Waals surface area contributed by atoms with E-state index in [0.717, 1.165) is 0 Å². The van der Waals surface area contributed by atoms with Crippen molar-refractivity contribution in [2.75, 3.05) is 26.3 Å². The predicted molar refractivity (Wildman–Crippen MR) is 75.0 cm³/mol. The van der Waals surface area contributed by atoms with Crippen LogP contribution in [0, 0.1) is 10.1 Å². The molecule has 110 valence electrons. The van der Waals surface area contributed by atoms with Crippen LogP contribution < -0.4 is 0 Å². The van der Waals surface area contributed by atoms with Gasteiger partial charge in [0.2, 0.25) is 10.0 Å². The van der Waals surface area contributed by atoms with Crippen LogP contribution in [0.15, 0.2) is 27.6 Å². The van der Waals surface area contributed by atoms with Crippen LogP contribution in [0.1, 0.15) is 6.42 Å². The number of benzene rings is 1. The highest BCUT2D eigenvalue weighted by atomic mass is 79.9. The quantitative estimate of drug-likeness (QED) is 0.602. The van der Waals surface area contributed by atoms with E-state index in [1.165, 1.54) is 22.5 Å². The van der Waals surface area contributed by atoms with Crippen LogP contribution in [0.25, 0.3) is 0 Å². The predicted octanol–water partition coefficient (Wildman–Crippen LogP) is 1.77. The lowest BCUT2D eigenvalue weighted by Crippen LogP contribution is -2.33. The molecule has 2 rings (SSSR count). The highest BCUT2D eigenvalue weighted by molar-refractivity contribution is 9.10. The molecule has 0 amide bonds. The minimum Gasteiger partial charge on any atom is -0.380 e. The molecule has 1 heterocycles. The minimum atomic E-state index is -3.90. The second kappa shape index (κ2) is 6.17. The van der Waals surface area contributed by atoms with Gasteiger partial charge in [-0.3, -0.25) is 10.1 Å². The summed E-state index contributed by atoms with van der Waals surface area (Å²) in [6.45, 7) is 1.28. The first-order valence-corrected chi connectivity index (χ1v) is 8.18. The molecule has 1 aromatic carbocycles. The van der Waals surface area contributed by atoms with Crippen LogP contribution in [-0.4, -0.2) is 43.9 Å². The van der Waals surface area contributed by atoms with Crippen molar-refractivity contribution in [2.24, 2.45) is 0 Å². The maximum atomic E-state index is 12.6. The van der Waals surface area contributed by atoms with Crippen LogP contribution in [0.5, 0.6) is 0 Å². The molecule has 0 aliphatic carbocycles. The molecule has 0 N–H and O–H groups in total. The Morgan fingerprint density at radius 3 is 2.75 bits per heavy atom. The van der Waals surface area contributed by atoms with E-state index in [9.17, 15) is 18.5 Å². The molecule has 0 radical (unpaired) electrons. The fourth-order valence-corrected chi connectivity index (χ4v) is 4.11. The van der Waals surface area contributed by atoms with E-state index in [1.807, 2.05) is 0 Å². The number of hydrogen-bond donors (Lipinski definition) is 0. The first kappa shape index (κ1) is 15.4. The van der Waals surface area contributed by atoms with Crippen LogP contribution in [0.2, 0.25) is 0 Å². The third kappa shape index (κ3) is 3.17. The lowest BCUT2D eigenvalue weighted by molar-refractivity contribution is -0.387. The van der Waals surface area contributed by atoms with E-state index in [1.54, 1.807) is 0 Å². The zero-order valence-electron chi connectivity index (χ0n) is 10.5. The Hall–Kier alpha value is -1.03. The fraction of sp³-hybridized carbons (Fsp3) is 0.455. The van der Waals surface area contributed by atoms with Crippen molar-refractivity contribution in [3.05, 3.63) is 32.8 Å². The zero-order chi connectivity index (χ0) is 14.8. The molecule has 1 aromatic rings. The molecule has 0 spiro atoms. The third-order valence-electron chi connectivity index (χ3n) is 2.92. The summed E-state index contributed by atoms with van der Waals surface area (Å²) in [7, 11) is -3.90. The van der Waals surface area contributed by atoms with E-state index in [4.69, 9.17) is 4.74 Å². The fourth-order valence-electron chi connectivity index (χ4n) is 1.95. The van der Waals surface area contributed by atoms with E-state index >= 15 is 0 Å². The van der Waals surface area contributed by atoms with Crippen molar-refractivity contribution in [2.45, 2.75) is 11.3 Å². The van der Waals surface area contributed by atoms with Gasteiger partial charge in [0.25, 0.3) is 5.69 Å². The average Bonchev–Trinajstić information content (AvgIpc) is 2.67. The summed E-state index contributed by atoms with van der Waals surface area (Å²) < 4.78 is 32.0. The minimum absolute atomic E-state index is 0.200. The van der Waals surface area contributed by atoms with Crippen LogP contribution in [0.4, 0.5) is 5.69 Å². The molecule has 0 atom stereocenters. The molecular formula is C11H13BrN2O5S. The van der Waals surface area contributed by atoms with Gasteiger partial charge in [-0.1, -0.05) is 15.9 Å². The number of nitrogens with zero attached hydrogens (tertiary/aromatic N) is 2. The van der Waals surface area contributed by atoms with Crippen molar-refractivity contribution in [3.63, 3.8) is 0 Å². The Morgan fingerprint density at radius 2 is 2.05 bits per heavy atom. The van der Waals surface area contributed by atoms with Gasteiger partial charge < -0.3 is 4.74 Å². The molecule has 0 saturated carbocycles. The number of hydrogen-bond acceptors (Lipinski definition) is 5. The second-order valence-electron chi connectivity index (χ2n) is 4.24. The number of nitro benzene ring substituents is 1. The van der Waals surface area contributed by atoms with Gasteiger partial charge in [0.15, 0.2) is 4.90 Å². The summed E-state index contributed by atoms with van der Waals surface area (Å²) >= 11 is 3.15. The molecule has 1 fully saturated rings. The summed E-state index contributed by atoms with van der Waals surface area (Å²) in [4.78, 5) is 10.0. The Morgan fingerprint density at radius 1 is 1.30 bits per heavy atom. The molecule has 1 saturated heterocycles. The van der Waals surface area contributed by atoms with Gasteiger partial charge in [-0.05, 0) is 18.6 Å². The van der Waals surface area contributed by atoms with Gasteiger partial charge in [0.1, 0.15) is 0 Å². The van der Waals surface area contributed by atoms with Gasteiger partial charge in [-0.15, -0.1) is 0 Å². The van der Waals surface area contributed by atoms with Crippen molar-refractivity contribution in [3.8, 4) is 0 Å². The van der Waals surface area contributed by atoms with Gasteiger partial charge in [-0.25, -0.2) is 8.42 Å². The van der Waals surface area contributed by atoms with E-state index in [2.05, 4.69) is 15.9 Å². The normalized spacial score (nSPS) is 17.6. The molecule has 20 heavy (non-hydrogen) atoms. The van der Waals surface area contributed by atoms with Crippen molar-refractivity contribution in [1.29, 1.82) is 0 Å². The second-order valence-corrected chi connectivity index (χ2v) is 7.06.